The minimum atomic E-state index is -0.0974. The van der Waals surface area contributed by atoms with Crippen molar-refractivity contribution in [2.45, 2.75) is 38.6 Å². The number of hydrogen-bond acceptors (Lipinski definition) is 2. The number of nitrogens with zero attached hydrogens (tertiary/aromatic N) is 2. The summed E-state index contributed by atoms with van der Waals surface area (Å²) in [6, 6.07) is 8.15. The Balaban J connectivity index is 1.79. The van der Waals surface area contributed by atoms with Crippen LogP contribution in [-0.4, -0.2) is 28.2 Å². The number of hydroxylamine groups is 3. The van der Waals surface area contributed by atoms with E-state index < -0.39 is 0 Å². The number of para-hydroxylation sites is 1. The van der Waals surface area contributed by atoms with E-state index in [4.69, 9.17) is 0 Å². The summed E-state index contributed by atoms with van der Waals surface area (Å²) in [7, 11) is 0. The first-order chi connectivity index (χ1) is 11.1. The van der Waals surface area contributed by atoms with E-state index >= 15 is 0 Å². The highest BCUT2D eigenvalue weighted by molar-refractivity contribution is 5.97. The predicted molar refractivity (Wildman–Crippen MR) is 88.9 cm³/mol. The smallest absolute Gasteiger partial charge is 0.232 e. The van der Waals surface area contributed by atoms with Gasteiger partial charge in [-0.3, -0.25) is 9.36 Å². The maximum Gasteiger partial charge on any atom is 0.232 e. The van der Waals surface area contributed by atoms with Crippen molar-refractivity contribution < 1.29 is 9.44 Å². The average molecular weight is 310 g/mol. The van der Waals surface area contributed by atoms with Crippen LogP contribution >= 0.6 is 0 Å². The highest BCUT2D eigenvalue weighted by Crippen LogP contribution is 2.53. The Labute approximate surface area is 135 Å². The van der Waals surface area contributed by atoms with Gasteiger partial charge in [-0.05, 0) is 24.5 Å². The molecule has 0 aliphatic carbocycles. The van der Waals surface area contributed by atoms with Crippen LogP contribution in [0.2, 0.25) is 0 Å². The molecule has 0 saturated carbocycles. The van der Waals surface area contributed by atoms with Crippen molar-refractivity contribution in [3.05, 3.63) is 40.7 Å². The lowest BCUT2D eigenvalue weighted by atomic mass is 9.74. The van der Waals surface area contributed by atoms with Gasteiger partial charge >= 0.3 is 0 Å². The minimum absolute atomic E-state index is 0.0216. The van der Waals surface area contributed by atoms with Crippen LogP contribution in [-0.2, 0) is 6.42 Å². The zero-order chi connectivity index (χ0) is 15.8. The molecule has 3 aliphatic rings. The number of fused-ring (bicyclic) bond motifs is 3. The van der Waals surface area contributed by atoms with E-state index in [2.05, 4.69) is 13.0 Å². The van der Waals surface area contributed by atoms with Gasteiger partial charge in [0.25, 0.3) is 0 Å². The predicted octanol–water partition coefficient (Wildman–Crippen LogP) is 3.64. The van der Waals surface area contributed by atoms with Crippen LogP contribution < -0.4 is 0 Å². The maximum absolute atomic E-state index is 13.6. The molecule has 0 radical (unpaired) electrons. The third-order valence-electron chi connectivity index (χ3n) is 6.46. The van der Waals surface area contributed by atoms with Gasteiger partial charge in [-0.25, -0.2) is 0 Å². The van der Waals surface area contributed by atoms with Crippen molar-refractivity contribution in [1.82, 2.24) is 4.57 Å². The zero-order valence-corrected chi connectivity index (χ0v) is 13.5. The standard InChI is InChI=1S/C19H22N2O2/c1-2-12-9-13-10-17(22)20-16-6-4-3-5-14(16)15-7-8-21(23,11-12)19(13)18(15)20/h3-6,12-13,19H,2,7-11H2,1H3/t12-,13+,19+,21?/m0/s1. The number of benzene rings is 1. The first-order valence-corrected chi connectivity index (χ1v) is 8.85. The van der Waals surface area contributed by atoms with Crippen LogP contribution in [0.4, 0.5) is 0 Å². The highest BCUT2D eigenvalue weighted by Gasteiger charge is 2.52. The number of carbonyl (C=O) groups excluding carboxylic acids is 1. The molecule has 0 N–H and O–H groups in total. The van der Waals surface area contributed by atoms with Crippen LogP contribution in [0, 0.1) is 17.0 Å². The molecule has 120 valence electrons. The SMILES string of the molecule is CC[C@H]1C[C@@H]2CC(=O)n3c4c(c5ccccc53)CC[N+]([O-])(C1)[C@@H]42. The molecule has 0 amide bonds. The molecular formula is C19H22N2O2. The first-order valence-electron chi connectivity index (χ1n) is 8.85. The Morgan fingerprint density at radius 1 is 1.35 bits per heavy atom. The number of aromatic nitrogens is 1. The van der Waals surface area contributed by atoms with Crippen molar-refractivity contribution in [3.63, 3.8) is 0 Å². The average Bonchev–Trinajstić information content (AvgIpc) is 2.88. The van der Waals surface area contributed by atoms with Gasteiger partial charge < -0.3 is 9.85 Å². The summed E-state index contributed by atoms with van der Waals surface area (Å²) < 4.78 is 1.79. The van der Waals surface area contributed by atoms with Crippen molar-refractivity contribution in [2.75, 3.05) is 13.1 Å². The maximum atomic E-state index is 13.6. The Morgan fingerprint density at radius 2 is 2.17 bits per heavy atom. The third kappa shape index (κ3) is 1.65. The number of carbonyl (C=O) groups is 1. The van der Waals surface area contributed by atoms with Gasteiger partial charge in [0.05, 0.1) is 24.3 Å². The molecule has 23 heavy (non-hydrogen) atoms. The van der Waals surface area contributed by atoms with Gasteiger partial charge in [-0.2, -0.15) is 0 Å². The normalized spacial score (nSPS) is 35.4. The Hall–Kier alpha value is -1.65. The second-order valence-electron chi connectivity index (χ2n) is 7.64. The lowest BCUT2D eigenvalue weighted by molar-refractivity contribution is -0.927. The molecule has 5 rings (SSSR count). The Bertz CT molecular complexity index is 824. The summed E-state index contributed by atoms with van der Waals surface area (Å²) >= 11 is 0. The summed E-state index contributed by atoms with van der Waals surface area (Å²) in [6.07, 6.45) is 3.43. The largest absolute Gasteiger partial charge is 0.632 e. The van der Waals surface area contributed by atoms with E-state index in [-0.39, 0.29) is 22.5 Å². The van der Waals surface area contributed by atoms with Gasteiger partial charge in [-0.15, -0.1) is 0 Å². The fraction of sp³-hybridized carbons (Fsp3) is 0.526. The molecule has 0 bridgehead atoms. The van der Waals surface area contributed by atoms with Gasteiger partial charge in [-0.1, -0.05) is 25.1 Å². The Kier molecular flexibility index (Phi) is 2.67. The minimum Gasteiger partial charge on any atom is -0.632 e. The molecule has 4 heteroatoms. The molecule has 1 unspecified atom stereocenters. The summed E-state index contributed by atoms with van der Waals surface area (Å²) in [5.41, 5.74) is 3.33. The quantitative estimate of drug-likeness (QED) is 0.596. The van der Waals surface area contributed by atoms with Crippen molar-refractivity contribution in [1.29, 1.82) is 0 Å². The van der Waals surface area contributed by atoms with Gasteiger partial charge in [0, 0.05) is 30.1 Å². The summed E-state index contributed by atoms with van der Waals surface area (Å²) in [5.74, 6) is 0.891. The van der Waals surface area contributed by atoms with Crippen molar-refractivity contribution in [2.24, 2.45) is 11.8 Å². The summed E-state index contributed by atoms with van der Waals surface area (Å²) in [6.45, 7) is 3.58. The van der Waals surface area contributed by atoms with Gasteiger partial charge in [0.15, 0.2) is 0 Å². The lowest BCUT2D eigenvalue weighted by Crippen LogP contribution is -2.60. The summed E-state index contributed by atoms with van der Waals surface area (Å²) in [4.78, 5) is 12.9. The van der Waals surface area contributed by atoms with E-state index in [9.17, 15) is 10.0 Å². The number of piperidine rings is 1. The molecule has 1 saturated heterocycles. The van der Waals surface area contributed by atoms with Crippen molar-refractivity contribution >= 4 is 16.8 Å². The van der Waals surface area contributed by atoms with E-state index in [1.165, 1.54) is 10.9 Å². The van der Waals surface area contributed by atoms with Crippen LogP contribution in [0.15, 0.2) is 24.3 Å². The van der Waals surface area contributed by atoms with E-state index in [1.54, 1.807) is 0 Å². The second-order valence-corrected chi connectivity index (χ2v) is 7.64. The van der Waals surface area contributed by atoms with E-state index in [0.29, 0.717) is 18.9 Å². The molecule has 4 atom stereocenters. The lowest BCUT2D eigenvalue weighted by Gasteiger charge is -2.59. The molecule has 4 heterocycles. The third-order valence-corrected chi connectivity index (χ3v) is 6.46. The zero-order valence-electron chi connectivity index (χ0n) is 13.5. The molecule has 1 aromatic carbocycles. The van der Waals surface area contributed by atoms with E-state index in [0.717, 1.165) is 37.0 Å². The van der Waals surface area contributed by atoms with Crippen LogP contribution in [0.1, 0.15) is 48.3 Å². The number of rotatable bonds is 1. The molecule has 1 fully saturated rings. The molecule has 3 aliphatic heterocycles. The fourth-order valence-corrected chi connectivity index (χ4v) is 5.52. The molecule has 0 spiro atoms. The number of quaternary nitrogens is 1. The van der Waals surface area contributed by atoms with Gasteiger partial charge in [0.1, 0.15) is 6.04 Å². The second kappa shape index (κ2) is 4.46. The van der Waals surface area contributed by atoms with Crippen LogP contribution in [0.5, 0.6) is 0 Å². The monoisotopic (exact) mass is 310 g/mol. The number of hydrogen-bond donors (Lipinski definition) is 0. The molecular weight excluding hydrogens is 288 g/mol. The Morgan fingerprint density at radius 3 is 3.00 bits per heavy atom. The van der Waals surface area contributed by atoms with Crippen LogP contribution in [0.3, 0.4) is 0 Å². The van der Waals surface area contributed by atoms with Crippen LogP contribution in [0.25, 0.3) is 10.9 Å². The fourth-order valence-electron chi connectivity index (χ4n) is 5.52. The molecule has 1 aromatic heterocycles. The highest BCUT2D eigenvalue weighted by atomic mass is 16.5. The van der Waals surface area contributed by atoms with Crippen molar-refractivity contribution in [3.8, 4) is 0 Å². The van der Waals surface area contributed by atoms with E-state index in [1.807, 2.05) is 22.8 Å². The topological polar surface area (TPSA) is 45.1 Å². The first kappa shape index (κ1) is 13.8. The van der Waals surface area contributed by atoms with Gasteiger partial charge in [0.2, 0.25) is 5.91 Å². The molecule has 2 aromatic rings. The summed E-state index contributed by atoms with van der Waals surface area (Å²) in [5, 5.41) is 14.8. The molecule has 4 nitrogen and oxygen atoms in total.